The molecule has 0 radical (unpaired) electrons. The minimum absolute atomic E-state index is 0.519. The Morgan fingerprint density at radius 1 is 1.30 bits per heavy atom. The minimum Gasteiger partial charge on any atom is -0.385 e. The molecule has 0 bridgehead atoms. The average molecular weight is 291 g/mol. The molecule has 0 fully saturated rings. The molecule has 0 aliphatic heterocycles. The average Bonchev–Trinajstić information content (AvgIpc) is 2.80. The number of benzene rings is 1. The third-order valence-electron chi connectivity index (χ3n) is 3.07. The van der Waals surface area contributed by atoms with E-state index in [9.17, 15) is 0 Å². The summed E-state index contributed by atoms with van der Waals surface area (Å²) in [5.74, 6) is 0.999. The Kier molecular flexibility index (Phi) is 5.64. The highest BCUT2D eigenvalue weighted by Gasteiger charge is 2.15. The molecule has 0 saturated heterocycles. The largest absolute Gasteiger partial charge is 0.385 e. The van der Waals surface area contributed by atoms with Crippen molar-refractivity contribution in [2.45, 2.75) is 24.9 Å². The van der Waals surface area contributed by atoms with Gasteiger partial charge in [-0.15, -0.1) is 11.8 Å². The van der Waals surface area contributed by atoms with Gasteiger partial charge in [0.05, 0.1) is 11.4 Å². The summed E-state index contributed by atoms with van der Waals surface area (Å²) >= 11 is 1.79. The number of hydrogen-bond acceptors (Lipinski definition) is 4. The van der Waals surface area contributed by atoms with Crippen LogP contribution in [0.5, 0.6) is 0 Å². The van der Waals surface area contributed by atoms with Gasteiger partial charge in [-0.3, -0.25) is 0 Å². The lowest BCUT2D eigenvalue weighted by atomic mass is 10.3. The molecule has 0 unspecified atom stereocenters. The highest BCUT2D eigenvalue weighted by atomic mass is 32.2. The molecule has 0 aliphatic carbocycles. The number of methoxy groups -OCH3 is 1. The maximum Gasteiger partial charge on any atom is 0.105 e. The van der Waals surface area contributed by atoms with Crippen LogP contribution in [0.15, 0.2) is 35.4 Å². The second kappa shape index (κ2) is 7.47. The summed E-state index contributed by atoms with van der Waals surface area (Å²) in [5.41, 5.74) is 9.10. The summed E-state index contributed by atoms with van der Waals surface area (Å²) in [6.07, 6.45) is 1.02. The molecule has 2 aromatic rings. The van der Waals surface area contributed by atoms with Gasteiger partial charge >= 0.3 is 0 Å². The molecule has 0 atom stereocenters. The van der Waals surface area contributed by atoms with Crippen LogP contribution in [-0.2, 0) is 11.3 Å². The molecule has 1 aromatic heterocycles. The molecule has 0 saturated carbocycles. The van der Waals surface area contributed by atoms with Crippen molar-refractivity contribution in [3.05, 3.63) is 41.6 Å². The monoisotopic (exact) mass is 291 g/mol. The first-order valence-electron chi connectivity index (χ1n) is 6.73. The fourth-order valence-electron chi connectivity index (χ4n) is 2.04. The number of rotatable bonds is 7. The first-order chi connectivity index (χ1) is 9.77. The van der Waals surface area contributed by atoms with E-state index >= 15 is 0 Å². The molecule has 0 amide bonds. The summed E-state index contributed by atoms with van der Waals surface area (Å²) in [6.45, 7) is 3.32. The molecule has 4 nitrogen and oxygen atoms in total. The highest BCUT2D eigenvalue weighted by Crippen LogP contribution is 2.28. The van der Waals surface area contributed by atoms with Crippen molar-refractivity contribution in [3.8, 4) is 5.69 Å². The van der Waals surface area contributed by atoms with Crippen molar-refractivity contribution < 1.29 is 4.74 Å². The highest BCUT2D eigenvalue weighted by molar-refractivity contribution is 7.99. The zero-order chi connectivity index (χ0) is 14.4. The minimum atomic E-state index is 0.519. The number of aryl methyl sites for hydroxylation is 1. The molecule has 5 heteroatoms. The number of thioether (sulfide) groups is 1. The van der Waals surface area contributed by atoms with Gasteiger partial charge in [-0.2, -0.15) is 5.10 Å². The third kappa shape index (κ3) is 3.42. The number of aromatic nitrogens is 2. The predicted octanol–water partition coefficient (Wildman–Crippen LogP) is 2.77. The Hall–Kier alpha value is -1.30. The molecular formula is C15H21N3OS. The van der Waals surface area contributed by atoms with Crippen LogP contribution in [0.25, 0.3) is 5.69 Å². The van der Waals surface area contributed by atoms with Crippen molar-refractivity contribution in [3.63, 3.8) is 0 Å². The van der Waals surface area contributed by atoms with Gasteiger partial charge in [-0.1, -0.05) is 18.2 Å². The van der Waals surface area contributed by atoms with Crippen LogP contribution in [0.3, 0.4) is 0 Å². The summed E-state index contributed by atoms with van der Waals surface area (Å²) in [7, 11) is 1.73. The Bertz CT molecular complexity index is 540. The van der Waals surface area contributed by atoms with Crippen molar-refractivity contribution in [2.24, 2.45) is 5.73 Å². The summed E-state index contributed by atoms with van der Waals surface area (Å²) in [4.78, 5) is 0. The Balaban J connectivity index is 2.27. The standard InChI is InChI=1S/C15H21N3OS/c1-12-14(11-16)15(20-10-6-9-19-2)18(17-12)13-7-4-3-5-8-13/h3-5,7-8H,6,9-11,16H2,1-2H3. The van der Waals surface area contributed by atoms with Crippen LogP contribution in [-0.4, -0.2) is 29.3 Å². The molecule has 1 aromatic carbocycles. The number of hydrogen-bond donors (Lipinski definition) is 1. The summed E-state index contributed by atoms with van der Waals surface area (Å²) in [5, 5.41) is 5.78. The SMILES string of the molecule is COCCCSc1c(CN)c(C)nn1-c1ccccc1. The van der Waals surface area contributed by atoms with E-state index in [1.54, 1.807) is 18.9 Å². The van der Waals surface area contributed by atoms with Crippen LogP contribution in [0.2, 0.25) is 0 Å². The Labute approximate surface area is 124 Å². The van der Waals surface area contributed by atoms with E-state index in [4.69, 9.17) is 10.5 Å². The number of nitrogens with zero attached hydrogens (tertiary/aromatic N) is 2. The van der Waals surface area contributed by atoms with E-state index in [1.807, 2.05) is 29.8 Å². The molecule has 0 spiro atoms. The van der Waals surface area contributed by atoms with Crippen molar-refractivity contribution in [1.29, 1.82) is 0 Å². The van der Waals surface area contributed by atoms with E-state index in [1.165, 1.54) is 0 Å². The Morgan fingerprint density at radius 2 is 2.05 bits per heavy atom. The van der Waals surface area contributed by atoms with Crippen LogP contribution in [0.4, 0.5) is 0 Å². The van der Waals surface area contributed by atoms with Gasteiger partial charge < -0.3 is 10.5 Å². The van der Waals surface area contributed by atoms with Gasteiger partial charge in [0.25, 0.3) is 0 Å². The quantitative estimate of drug-likeness (QED) is 0.629. The first kappa shape index (κ1) is 15.1. The number of ether oxygens (including phenoxy) is 1. The van der Waals surface area contributed by atoms with Gasteiger partial charge in [0, 0.05) is 31.6 Å². The van der Waals surface area contributed by atoms with Crippen LogP contribution < -0.4 is 5.73 Å². The maximum atomic E-state index is 5.88. The van der Waals surface area contributed by atoms with Crippen molar-refractivity contribution >= 4 is 11.8 Å². The van der Waals surface area contributed by atoms with Crippen LogP contribution in [0, 0.1) is 6.92 Å². The van der Waals surface area contributed by atoms with Gasteiger partial charge in [0.1, 0.15) is 5.03 Å². The maximum absolute atomic E-state index is 5.88. The molecule has 2 N–H and O–H groups in total. The third-order valence-corrected chi connectivity index (χ3v) is 4.26. The van der Waals surface area contributed by atoms with E-state index < -0.39 is 0 Å². The molecule has 108 valence electrons. The fourth-order valence-corrected chi connectivity index (χ4v) is 3.17. The van der Waals surface area contributed by atoms with E-state index in [2.05, 4.69) is 17.2 Å². The smallest absolute Gasteiger partial charge is 0.105 e. The number of para-hydroxylation sites is 1. The van der Waals surface area contributed by atoms with Gasteiger partial charge in [-0.25, -0.2) is 4.68 Å². The summed E-state index contributed by atoms with van der Waals surface area (Å²) < 4.78 is 7.09. The first-order valence-corrected chi connectivity index (χ1v) is 7.72. The second-order valence-corrected chi connectivity index (χ2v) is 5.60. The Morgan fingerprint density at radius 3 is 2.70 bits per heavy atom. The molecule has 1 heterocycles. The lowest BCUT2D eigenvalue weighted by molar-refractivity contribution is 0.200. The number of nitrogens with two attached hydrogens (primary N) is 1. The normalized spacial score (nSPS) is 10.9. The lowest BCUT2D eigenvalue weighted by Gasteiger charge is -2.08. The van der Waals surface area contributed by atoms with Gasteiger partial charge in [0.15, 0.2) is 0 Å². The zero-order valence-electron chi connectivity index (χ0n) is 12.0. The van der Waals surface area contributed by atoms with Crippen LogP contribution in [0.1, 0.15) is 17.7 Å². The fraction of sp³-hybridized carbons (Fsp3) is 0.400. The van der Waals surface area contributed by atoms with E-state index in [0.29, 0.717) is 6.54 Å². The van der Waals surface area contributed by atoms with Crippen LogP contribution >= 0.6 is 11.8 Å². The van der Waals surface area contributed by atoms with Crippen molar-refractivity contribution in [1.82, 2.24) is 9.78 Å². The molecular weight excluding hydrogens is 270 g/mol. The molecule has 2 rings (SSSR count). The second-order valence-electron chi connectivity index (χ2n) is 4.52. The molecule has 0 aliphatic rings. The summed E-state index contributed by atoms with van der Waals surface area (Å²) in [6, 6.07) is 10.2. The topological polar surface area (TPSA) is 53.1 Å². The predicted molar refractivity (Wildman–Crippen MR) is 83.4 cm³/mol. The van der Waals surface area contributed by atoms with Gasteiger partial charge in [0.2, 0.25) is 0 Å². The zero-order valence-corrected chi connectivity index (χ0v) is 12.8. The van der Waals surface area contributed by atoms with Gasteiger partial charge in [-0.05, 0) is 25.5 Å². The van der Waals surface area contributed by atoms with Crippen molar-refractivity contribution in [2.75, 3.05) is 19.5 Å². The molecule has 20 heavy (non-hydrogen) atoms. The lowest BCUT2D eigenvalue weighted by Crippen LogP contribution is -2.02. The van der Waals surface area contributed by atoms with E-state index in [-0.39, 0.29) is 0 Å². The van der Waals surface area contributed by atoms with E-state index in [0.717, 1.165) is 40.8 Å².